The van der Waals surface area contributed by atoms with Crippen LogP contribution >= 0.6 is 0 Å². The fourth-order valence-corrected chi connectivity index (χ4v) is 2.68. The van der Waals surface area contributed by atoms with E-state index in [4.69, 9.17) is 9.47 Å². The van der Waals surface area contributed by atoms with Crippen molar-refractivity contribution >= 4 is 10.0 Å². The van der Waals surface area contributed by atoms with Crippen molar-refractivity contribution in [2.75, 3.05) is 27.3 Å². The van der Waals surface area contributed by atoms with Crippen LogP contribution in [0.25, 0.3) is 0 Å². The number of nitrogens with zero attached hydrogens (tertiary/aromatic N) is 2. The van der Waals surface area contributed by atoms with Gasteiger partial charge in [0, 0.05) is 13.6 Å². The molecule has 1 aromatic heterocycles. The molecule has 2 rings (SSSR count). The minimum atomic E-state index is -3.55. The minimum Gasteiger partial charge on any atom is -0.497 e. The number of rotatable bonds is 7. The van der Waals surface area contributed by atoms with Gasteiger partial charge in [0.15, 0.2) is 5.03 Å². The van der Waals surface area contributed by atoms with E-state index in [0.717, 1.165) is 5.75 Å². The summed E-state index contributed by atoms with van der Waals surface area (Å²) in [7, 11) is -0.463. The summed E-state index contributed by atoms with van der Waals surface area (Å²) in [5.41, 5.74) is 0. The molecule has 8 heteroatoms. The number of ether oxygens (including phenoxy) is 2. The van der Waals surface area contributed by atoms with Gasteiger partial charge < -0.3 is 14.5 Å². The third-order valence-corrected chi connectivity index (χ3v) is 4.68. The van der Waals surface area contributed by atoms with E-state index in [1.807, 2.05) is 0 Å². The molecular formula is C13H17N3O4S. The summed E-state index contributed by atoms with van der Waals surface area (Å²) < 4.78 is 36.0. The monoisotopic (exact) mass is 311 g/mol. The molecule has 1 heterocycles. The maximum atomic E-state index is 12.1. The molecule has 0 amide bonds. The second kappa shape index (κ2) is 6.59. The highest BCUT2D eigenvalue weighted by molar-refractivity contribution is 7.89. The smallest absolute Gasteiger partial charge is 0.259 e. The number of imidazole rings is 1. The Bertz CT molecular complexity index is 653. The number of H-pyrrole nitrogens is 1. The van der Waals surface area contributed by atoms with Crippen LogP contribution in [0.2, 0.25) is 0 Å². The third kappa shape index (κ3) is 3.73. The Morgan fingerprint density at radius 2 is 1.90 bits per heavy atom. The molecule has 0 unspecified atom stereocenters. The topological polar surface area (TPSA) is 84.5 Å². The van der Waals surface area contributed by atoms with E-state index in [2.05, 4.69) is 9.97 Å². The Kier molecular flexibility index (Phi) is 4.81. The van der Waals surface area contributed by atoms with Gasteiger partial charge in [0.1, 0.15) is 18.1 Å². The summed E-state index contributed by atoms with van der Waals surface area (Å²) in [5.74, 6) is 1.39. The fraction of sp³-hybridized carbons (Fsp3) is 0.308. The van der Waals surface area contributed by atoms with Gasteiger partial charge in [-0.05, 0) is 24.3 Å². The number of benzene rings is 1. The molecule has 0 fully saturated rings. The summed E-state index contributed by atoms with van der Waals surface area (Å²) in [5, 5.41) is 0.0643. The lowest BCUT2D eigenvalue weighted by atomic mass is 10.3. The molecule has 21 heavy (non-hydrogen) atoms. The Labute approximate surface area is 123 Å². The first kappa shape index (κ1) is 15.3. The largest absolute Gasteiger partial charge is 0.497 e. The number of nitrogens with one attached hydrogen (secondary N) is 1. The Morgan fingerprint density at radius 1 is 1.24 bits per heavy atom. The van der Waals surface area contributed by atoms with Crippen molar-refractivity contribution in [3.05, 3.63) is 36.8 Å². The number of hydrogen-bond donors (Lipinski definition) is 1. The Hall–Kier alpha value is -2.06. The first-order valence-electron chi connectivity index (χ1n) is 6.25. The maximum absolute atomic E-state index is 12.1. The summed E-state index contributed by atoms with van der Waals surface area (Å²) in [4.78, 5) is 6.29. The molecule has 114 valence electrons. The maximum Gasteiger partial charge on any atom is 0.259 e. The van der Waals surface area contributed by atoms with E-state index in [1.54, 1.807) is 31.4 Å². The van der Waals surface area contributed by atoms with Gasteiger partial charge in [-0.2, -0.15) is 4.31 Å². The van der Waals surface area contributed by atoms with Crippen molar-refractivity contribution in [2.24, 2.45) is 0 Å². The summed E-state index contributed by atoms with van der Waals surface area (Å²) in [6, 6.07) is 7.09. The van der Waals surface area contributed by atoms with Crippen LogP contribution < -0.4 is 9.47 Å². The highest BCUT2D eigenvalue weighted by atomic mass is 32.2. The molecule has 7 nitrogen and oxygen atoms in total. The van der Waals surface area contributed by atoms with Gasteiger partial charge in [-0.25, -0.2) is 13.4 Å². The number of methoxy groups -OCH3 is 1. The van der Waals surface area contributed by atoms with Crippen molar-refractivity contribution in [1.82, 2.24) is 14.3 Å². The predicted molar refractivity (Wildman–Crippen MR) is 76.9 cm³/mol. The number of likely N-dealkylation sites (N-methyl/N-ethyl adjacent to an activating group) is 1. The van der Waals surface area contributed by atoms with Crippen LogP contribution in [0.1, 0.15) is 0 Å². The molecule has 0 aliphatic rings. The zero-order valence-corrected chi connectivity index (χ0v) is 12.6. The lowest BCUT2D eigenvalue weighted by Gasteiger charge is -2.16. The Balaban J connectivity index is 1.88. The predicted octanol–water partition coefficient (Wildman–Crippen LogP) is 1.12. The van der Waals surface area contributed by atoms with Crippen LogP contribution in [0, 0.1) is 0 Å². The van der Waals surface area contributed by atoms with E-state index in [9.17, 15) is 8.42 Å². The average Bonchev–Trinajstić information content (AvgIpc) is 3.02. The minimum absolute atomic E-state index is 0.0643. The summed E-state index contributed by atoms with van der Waals surface area (Å²) >= 11 is 0. The number of hydrogen-bond acceptors (Lipinski definition) is 5. The molecule has 0 saturated carbocycles. The van der Waals surface area contributed by atoms with E-state index in [-0.39, 0.29) is 18.2 Å². The summed E-state index contributed by atoms with van der Waals surface area (Å²) in [6.45, 7) is 0.476. The first-order chi connectivity index (χ1) is 10.0. The van der Waals surface area contributed by atoms with E-state index >= 15 is 0 Å². The standard InChI is InChI=1S/C13H17N3O4S/c1-16(21(17,18)13-9-14-10-15-13)7-8-20-12-5-3-11(19-2)4-6-12/h3-6,9-10H,7-8H2,1-2H3,(H,14,15). The molecule has 0 aliphatic carbocycles. The van der Waals surface area contributed by atoms with Gasteiger partial charge in [-0.3, -0.25) is 0 Å². The van der Waals surface area contributed by atoms with Crippen molar-refractivity contribution < 1.29 is 17.9 Å². The lowest BCUT2D eigenvalue weighted by molar-refractivity contribution is 0.286. The van der Waals surface area contributed by atoms with Crippen LogP contribution in [0.4, 0.5) is 0 Å². The van der Waals surface area contributed by atoms with Gasteiger partial charge in [-0.1, -0.05) is 0 Å². The number of aromatic nitrogens is 2. The van der Waals surface area contributed by atoms with Crippen LogP contribution in [-0.2, 0) is 10.0 Å². The molecule has 0 radical (unpaired) electrons. The lowest BCUT2D eigenvalue weighted by Crippen LogP contribution is -2.31. The van der Waals surface area contributed by atoms with Crippen LogP contribution in [0.3, 0.4) is 0 Å². The molecule has 2 aromatic rings. The highest BCUT2D eigenvalue weighted by Crippen LogP contribution is 2.17. The third-order valence-electron chi connectivity index (χ3n) is 2.90. The average molecular weight is 311 g/mol. The molecule has 1 aromatic carbocycles. The Morgan fingerprint density at radius 3 is 2.48 bits per heavy atom. The fourth-order valence-electron chi connectivity index (χ4n) is 1.64. The van der Waals surface area contributed by atoms with Gasteiger partial charge in [0.05, 0.1) is 19.6 Å². The normalized spacial score (nSPS) is 11.6. The zero-order chi connectivity index (χ0) is 15.3. The van der Waals surface area contributed by atoms with E-state index < -0.39 is 10.0 Å². The van der Waals surface area contributed by atoms with E-state index in [0.29, 0.717) is 5.75 Å². The molecule has 0 saturated heterocycles. The second-order valence-corrected chi connectivity index (χ2v) is 6.28. The number of sulfonamides is 1. The number of aromatic amines is 1. The van der Waals surface area contributed by atoms with Crippen molar-refractivity contribution in [3.8, 4) is 11.5 Å². The molecule has 0 bridgehead atoms. The van der Waals surface area contributed by atoms with Crippen LogP contribution in [-0.4, -0.2) is 50.0 Å². The van der Waals surface area contributed by atoms with Crippen LogP contribution in [0.15, 0.2) is 41.8 Å². The van der Waals surface area contributed by atoms with Gasteiger partial charge in [0.2, 0.25) is 0 Å². The SMILES string of the molecule is COc1ccc(OCCN(C)S(=O)(=O)c2cnc[nH]2)cc1. The zero-order valence-electron chi connectivity index (χ0n) is 11.8. The van der Waals surface area contributed by atoms with E-state index in [1.165, 1.54) is 23.9 Å². The molecule has 0 spiro atoms. The second-order valence-electron chi connectivity index (χ2n) is 4.27. The molecule has 0 aliphatic heterocycles. The van der Waals surface area contributed by atoms with Crippen molar-refractivity contribution in [1.29, 1.82) is 0 Å². The van der Waals surface area contributed by atoms with Crippen molar-refractivity contribution in [3.63, 3.8) is 0 Å². The van der Waals surface area contributed by atoms with Gasteiger partial charge in [0.25, 0.3) is 10.0 Å². The summed E-state index contributed by atoms with van der Waals surface area (Å²) in [6.07, 6.45) is 2.60. The molecule has 1 N–H and O–H groups in total. The van der Waals surface area contributed by atoms with Crippen molar-refractivity contribution in [2.45, 2.75) is 5.03 Å². The quantitative estimate of drug-likeness (QED) is 0.828. The first-order valence-corrected chi connectivity index (χ1v) is 7.69. The van der Waals surface area contributed by atoms with Gasteiger partial charge >= 0.3 is 0 Å². The van der Waals surface area contributed by atoms with Gasteiger partial charge in [-0.15, -0.1) is 0 Å². The molecular weight excluding hydrogens is 294 g/mol. The highest BCUT2D eigenvalue weighted by Gasteiger charge is 2.21. The molecule has 0 atom stereocenters. The van der Waals surface area contributed by atoms with Crippen LogP contribution in [0.5, 0.6) is 11.5 Å².